The van der Waals surface area contributed by atoms with Gasteiger partial charge in [0.05, 0.1) is 12.1 Å². The Kier molecular flexibility index (Phi) is 4.99. The van der Waals surface area contributed by atoms with E-state index in [4.69, 9.17) is 10.5 Å². The number of ether oxygens (including phenoxy) is 1. The zero-order valence-electron chi connectivity index (χ0n) is 16.5. The maximum Gasteiger partial charge on any atom is 0.287 e. The summed E-state index contributed by atoms with van der Waals surface area (Å²) in [6.45, 7) is 1.56. The van der Waals surface area contributed by atoms with E-state index in [9.17, 15) is 18.4 Å². The molecule has 2 aromatic rings. The van der Waals surface area contributed by atoms with Crippen LogP contribution in [-0.2, 0) is 11.3 Å². The number of carbonyl (C=O) groups excluding carboxylic acids is 2. The number of alkyl halides is 2. The molecule has 1 aromatic carbocycles. The number of benzene rings is 1. The number of thioether (sulfide) groups is 1. The SMILES string of the molecule is NC(=O)[C@@H]1CCCN1c1ccc2c(c1)OCCn1cc(N3C(=O)SC[C@H]3C(F)F)nc1-2. The number of anilines is 2. The fraction of sp³-hybridized carbons (Fsp3) is 0.450. The van der Waals surface area contributed by atoms with Crippen molar-refractivity contribution in [1.29, 1.82) is 0 Å². The molecule has 0 unspecified atom stereocenters. The molecule has 8 nitrogen and oxygen atoms in total. The van der Waals surface area contributed by atoms with Crippen LogP contribution in [0.5, 0.6) is 5.75 Å². The van der Waals surface area contributed by atoms with E-state index in [1.165, 1.54) is 0 Å². The Hall–Kier alpha value is -2.82. The summed E-state index contributed by atoms with van der Waals surface area (Å²) in [5.41, 5.74) is 7.09. The van der Waals surface area contributed by atoms with E-state index >= 15 is 0 Å². The second kappa shape index (κ2) is 7.70. The van der Waals surface area contributed by atoms with E-state index in [1.54, 1.807) is 6.20 Å². The predicted octanol–water partition coefficient (Wildman–Crippen LogP) is 2.70. The van der Waals surface area contributed by atoms with Gasteiger partial charge in [-0.3, -0.25) is 14.5 Å². The third-order valence-electron chi connectivity index (χ3n) is 5.92. The normalized spacial score (nSPS) is 23.0. The molecule has 3 aliphatic rings. The molecule has 0 radical (unpaired) electrons. The summed E-state index contributed by atoms with van der Waals surface area (Å²) >= 11 is 0.881. The van der Waals surface area contributed by atoms with Crippen molar-refractivity contribution in [3.63, 3.8) is 0 Å². The third-order valence-corrected chi connectivity index (χ3v) is 6.87. The van der Waals surface area contributed by atoms with Crippen LogP contribution in [0, 0.1) is 0 Å². The van der Waals surface area contributed by atoms with Crippen molar-refractivity contribution in [3.8, 4) is 17.1 Å². The lowest BCUT2D eigenvalue weighted by Crippen LogP contribution is -2.40. The van der Waals surface area contributed by atoms with Crippen LogP contribution in [0.4, 0.5) is 25.1 Å². The number of carbonyl (C=O) groups is 2. The lowest BCUT2D eigenvalue weighted by atomic mass is 10.1. The van der Waals surface area contributed by atoms with Gasteiger partial charge < -0.3 is 19.9 Å². The zero-order valence-corrected chi connectivity index (χ0v) is 17.4. The van der Waals surface area contributed by atoms with Gasteiger partial charge in [-0.05, 0) is 25.0 Å². The van der Waals surface area contributed by atoms with E-state index in [0.29, 0.717) is 36.7 Å². The van der Waals surface area contributed by atoms with E-state index in [2.05, 4.69) is 4.98 Å². The van der Waals surface area contributed by atoms with Crippen LogP contribution in [0.3, 0.4) is 0 Å². The Morgan fingerprint density at radius 3 is 2.94 bits per heavy atom. The second-order valence-corrected chi connectivity index (χ2v) is 8.72. The van der Waals surface area contributed by atoms with Crippen LogP contribution in [-0.4, -0.2) is 58.1 Å². The van der Waals surface area contributed by atoms with E-state index in [-0.39, 0.29) is 23.5 Å². The molecular weight excluding hydrogens is 428 g/mol. The first-order valence-corrected chi connectivity index (χ1v) is 11.1. The van der Waals surface area contributed by atoms with E-state index in [0.717, 1.165) is 35.3 Å². The minimum atomic E-state index is -2.64. The molecule has 0 bridgehead atoms. The Morgan fingerprint density at radius 2 is 2.16 bits per heavy atom. The topological polar surface area (TPSA) is 93.7 Å². The highest BCUT2D eigenvalue weighted by Gasteiger charge is 2.41. The van der Waals surface area contributed by atoms with Gasteiger partial charge in [0, 0.05) is 30.2 Å². The van der Waals surface area contributed by atoms with E-state index in [1.807, 2.05) is 27.7 Å². The first-order chi connectivity index (χ1) is 14.9. The van der Waals surface area contributed by atoms with Gasteiger partial charge in [-0.2, -0.15) is 0 Å². The fourth-order valence-electron chi connectivity index (χ4n) is 4.41. The molecule has 0 aliphatic carbocycles. The number of amides is 2. The van der Waals surface area contributed by atoms with Crippen molar-refractivity contribution in [2.24, 2.45) is 5.73 Å². The molecule has 11 heteroatoms. The van der Waals surface area contributed by atoms with Gasteiger partial charge in [0.1, 0.15) is 30.3 Å². The largest absolute Gasteiger partial charge is 0.491 e. The predicted molar refractivity (Wildman–Crippen MR) is 113 cm³/mol. The minimum Gasteiger partial charge on any atom is -0.491 e. The molecule has 1 aromatic heterocycles. The number of imidazole rings is 1. The highest BCUT2D eigenvalue weighted by Crippen LogP contribution is 2.39. The van der Waals surface area contributed by atoms with Crippen molar-refractivity contribution in [1.82, 2.24) is 9.55 Å². The first kappa shape index (κ1) is 20.1. The minimum absolute atomic E-state index is 0.0403. The first-order valence-electron chi connectivity index (χ1n) is 10.1. The van der Waals surface area contributed by atoms with Gasteiger partial charge >= 0.3 is 0 Å². The number of hydrogen-bond acceptors (Lipinski definition) is 6. The summed E-state index contributed by atoms with van der Waals surface area (Å²) in [6.07, 6.45) is 0.586. The molecule has 164 valence electrons. The van der Waals surface area contributed by atoms with Crippen molar-refractivity contribution >= 4 is 34.4 Å². The second-order valence-electron chi connectivity index (χ2n) is 7.75. The summed E-state index contributed by atoms with van der Waals surface area (Å²) in [6, 6.07) is 4.06. The molecule has 4 heterocycles. The smallest absolute Gasteiger partial charge is 0.287 e. The lowest BCUT2D eigenvalue weighted by molar-refractivity contribution is -0.119. The molecule has 2 N–H and O–H groups in total. The van der Waals surface area contributed by atoms with Gasteiger partial charge in [0.25, 0.3) is 11.7 Å². The molecule has 2 amide bonds. The molecule has 2 saturated heterocycles. The summed E-state index contributed by atoms with van der Waals surface area (Å²) in [5.74, 6) is 1.06. The summed E-state index contributed by atoms with van der Waals surface area (Å²) in [7, 11) is 0. The van der Waals surface area contributed by atoms with Gasteiger partial charge in [-0.25, -0.2) is 13.8 Å². The van der Waals surface area contributed by atoms with Gasteiger partial charge in [0.15, 0.2) is 5.82 Å². The molecule has 3 aliphatic heterocycles. The number of fused-ring (bicyclic) bond motifs is 3. The van der Waals surface area contributed by atoms with Crippen LogP contribution in [0.15, 0.2) is 24.4 Å². The quantitative estimate of drug-likeness (QED) is 0.772. The van der Waals surface area contributed by atoms with Crippen molar-refractivity contribution < 1.29 is 23.1 Å². The standard InChI is InChI=1S/C20H21F2N5O3S/c21-17(22)14-10-31-20(29)27(14)16-9-25-6-7-30-15-8-11(3-4-12(15)19(25)24-16)26-5-1-2-13(26)18(23)28/h3-4,8-9,13-14,17H,1-2,5-7,10H2,(H2,23,28)/t13-,14-/m0/s1. The average Bonchev–Trinajstić information content (AvgIpc) is 3.44. The maximum atomic E-state index is 13.4. The summed E-state index contributed by atoms with van der Waals surface area (Å²) < 4.78 is 34.6. The number of hydrogen-bond donors (Lipinski definition) is 1. The molecule has 2 fully saturated rings. The van der Waals surface area contributed by atoms with Gasteiger partial charge in [-0.1, -0.05) is 11.8 Å². The summed E-state index contributed by atoms with van der Waals surface area (Å²) in [4.78, 5) is 31.6. The molecule has 2 atom stereocenters. The Morgan fingerprint density at radius 1 is 1.32 bits per heavy atom. The maximum absolute atomic E-state index is 13.4. The Bertz CT molecular complexity index is 1050. The van der Waals surface area contributed by atoms with Crippen LogP contribution < -0.4 is 20.3 Å². The number of nitrogens with two attached hydrogens (primary N) is 1. The number of primary amides is 1. The van der Waals surface area contributed by atoms with Crippen LogP contribution in [0.25, 0.3) is 11.4 Å². The van der Waals surface area contributed by atoms with Crippen LogP contribution in [0.2, 0.25) is 0 Å². The van der Waals surface area contributed by atoms with Crippen LogP contribution in [0.1, 0.15) is 12.8 Å². The molecule has 0 saturated carbocycles. The molecule has 0 spiro atoms. The highest BCUT2D eigenvalue weighted by molar-refractivity contribution is 8.14. The van der Waals surface area contributed by atoms with Crippen LogP contribution >= 0.6 is 11.8 Å². The third kappa shape index (κ3) is 3.40. The van der Waals surface area contributed by atoms with Crippen molar-refractivity contribution in [2.75, 3.05) is 28.7 Å². The Balaban J connectivity index is 1.51. The monoisotopic (exact) mass is 449 g/mol. The van der Waals surface area contributed by atoms with Gasteiger partial charge in [0.2, 0.25) is 5.91 Å². The zero-order chi connectivity index (χ0) is 21.7. The summed E-state index contributed by atoms with van der Waals surface area (Å²) in [5, 5.41) is -0.420. The highest BCUT2D eigenvalue weighted by atomic mass is 32.2. The molecular formula is C20H21F2N5O3S. The van der Waals surface area contributed by atoms with E-state index < -0.39 is 17.7 Å². The number of aromatic nitrogens is 2. The van der Waals surface area contributed by atoms with Crippen molar-refractivity contribution in [2.45, 2.75) is 37.9 Å². The molecule has 31 heavy (non-hydrogen) atoms. The average molecular weight is 449 g/mol. The number of rotatable bonds is 4. The number of nitrogens with zero attached hydrogens (tertiary/aromatic N) is 4. The van der Waals surface area contributed by atoms with Gasteiger partial charge in [-0.15, -0.1) is 0 Å². The number of halogens is 2. The Labute approximate surface area is 181 Å². The lowest BCUT2D eigenvalue weighted by Gasteiger charge is -2.25. The fourth-order valence-corrected chi connectivity index (χ4v) is 5.38. The molecule has 5 rings (SSSR count). The van der Waals surface area contributed by atoms with Crippen molar-refractivity contribution in [3.05, 3.63) is 24.4 Å².